The van der Waals surface area contributed by atoms with E-state index in [4.69, 9.17) is 0 Å². The first-order chi connectivity index (χ1) is 12.5. The summed E-state index contributed by atoms with van der Waals surface area (Å²) in [6, 6.07) is 7.91. The van der Waals surface area contributed by atoms with Gasteiger partial charge in [0.2, 0.25) is 5.95 Å². The van der Waals surface area contributed by atoms with E-state index in [-0.39, 0.29) is 11.5 Å². The number of hydrogen-bond donors (Lipinski definition) is 1. The molecule has 2 heterocycles. The molecule has 2 aromatic heterocycles. The number of rotatable bonds is 5. The molecule has 0 bridgehead atoms. The zero-order chi connectivity index (χ0) is 18.7. The number of pyridine rings is 1. The van der Waals surface area contributed by atoms with Gasteiger partial charge >= 0.3 is 0 Å². The largest absolute Gasteiger partial charge is 0.348 e. The number of nitrogens with one attached hydrogen (secondary N) is 1. The third-order valence-corrected chi connectivity index (χ3v) is 3.76. The smallest absolute Gasteiger partial charge is 0.255 e. The molecule has 26 heavy (non-hydrogen) atoms. The van der Waals surface area contributed by atoms with Crippen LogP contribution in [0, 0.1) is 11.6 Å². The minimum Gasteiger partial charge on any atom is -0.348 e. The van der Waals surface area contributed by atoms with E-state index in [1.807, 2.05) is 0 Å². The second-order valence-electron chi connectivity index (χ2n) is 5.47. The van der Waals surface area contributed by atoms with Gasteiger partial charge < -0.3 is 5.32 Å². The molecule has 6 nitrogen and oxygen atoms in total. The van der Waals surface area contributed by atoms with Gasteiger partial charge in [-0.25, -0.2) is 13.8 Å². The molecular formula is C18H14F2N4O2. The van der Waals surface area contributed by atoms with Gasteiger partial charge in [0.05, 0.1) is 17.8 Å². The zero-order valence-corrected chi connectivity index (χ0v) is 13.7. The van der Waals surface area contributed by atoms with Gasteiger partial charge in [-0.2, -0.15) is 0 Å². The first-order valence-electron chi connectivity index (χ1n) is 7.67. The standard InChI is InChI=1S/C18H14F2N4O2/c1-24-16(26)9-14(11-5-7-21-8-6-11)23-18(24)22-10-15(25)17-12(19)3-2-4-13(17)20/h2-9H,10H2,1H3,(H,22,23). The highest BCUT2D eigenvalue weighted by Crippen LogP contribution is 2.16. The Morgan fingerprint density at radius 1 is 1.15 bits per heavy atom. The van der Waals surface area contributed by atoms with E-state index in [9.17, 15) is 18.4 Å². The molecular weight excluding hydrogens is 342 g/mol. The SMILES string of the molecule is Cn1c(NCC(=O)c2c(F)cccc2F)nc(-c2ccncc2)cc1=O. The highest BCUT2D eigenvalue weighted by molar-refractivity contribution is 5.99. The average Bonchev–Trinajstić information content (AvgIpc) is 2.63. The number of carbonyl (C=O) groups excluding carboxylic acids is 1. The van der Waals surface area contributed by atoms with Gasteiger partial charge in [0, 0.05) is 31.1 Å². The molecule has 1 aromatic carbocycles. The normalized spacial score (nSPS) is 10.6. The first-order valence-corrected chi connectivity index (χ1v) is 7.67. The van der Waals surface area contributed by atoms with E-state index < -0.39 is 29.5 Å². The maximum atomic E-state index is 13.7. The number of anilines is 1. The summed E-state index contributed by atoms with van der Waals surface area (Å²) in [7, 11) is 1.47. The molecule has 0 spiro atoms. The number of benzene rings is 1. The molecule has 0 aliphatic rings. The van der Waals surface area contributed by atoms with Crippen LogP contribution in [0.25, 0.3) is 11.3 Å². The topological polar surface area (TPSA) is 76.9 Å². The summed E-state index contributed by atoms with van der Waals surface area (Å²) < 4.78 is 28.6. The fourth-order valence-electron chi connectivity index (χ4n) is 2.38. The number of carbonyl (C=O) groups is 1. The molecule has 0 amide bonds. The van der Waals surface area contributed by atoms with Crippen molar-refractivity contribution < 1.29 is 13.6 Å². The van der Waals surface area contributed by atoms with E-state index in [0.29, 0.717) is 11.3 Å². The van der Waals surface area contributed by atoms with Crippen LogP contribution in [0.4, 0.5) is 14.7 Å². The summed E-state index contributed by atoms with van der Waals surface area (Å²) in [5.41, 5.74) is 0.0869. The predicted octanol–water partition coefficient (Wildman–Crippen LogP) is 2.42. The summed E-state index contributed by atoms with van der Waals surface area (Å²) in [6.07, 6.45) is 3.12. The molecule has 1 N–H and O–H groups in total. The van der Waals surface area contributed by atoms with Crippen LogP contribution in [-0.2, 0) is 7.05 Å². The third-order valence-electron chi connectivity index (χ3n) is 3.76. The Morgan fingerprint density at radius 3 is 2.46 bits per heavy atom. The van der Waals surface area contributed by atoms with Crippen LogP contribution >= 0.6 is 0 Å². The van der Waals surface area contributed by atoms with Gasteiger partial charge in [0.1, 0.15) is 11.6 Å². The van der Waals surface area contributed by atoms with Gasteiger partial charge in [0.25, 0.3) is 5.56 Å². The average molecular weight is 356 g/mol. The molecule has 0 aliphatic carbocycles. The molecule has 132 valence electrons. The van der Waals surface area contributed by atoms with Gasteiger partial charge in [0.15, 0.2) is 5.78 Å². The third kappa shape index (κ3) is 3.49. The minimum absolute atomic E-state index is 0.106. The van der Waals surface area contributed by atoms with Crippen molar-refractivity contribution in [1.29, 1.82) is 0 Å². The van der Waals surface area contributed by atoms with E-state index in [0.717, 1.165) is 12.1 Å². The van der Waals surface area contributed by atoms with E-state index in [1.165, 1.54) is 23.7 Å². The Morgan fingerprint density at radius 2 is 1.81 bits per heavy atom. The summed E-state index contributed by atoms with van der Waals surface area (Å²) in [5, 5.41) is 2.67. The van der Waals surface area contributed by atoms with Crippen molar-refractivity contribution in [3.05, 3.63) is 76.3 Å². The Bertz CT molecular complexity index is 999. The number of nitrogens with zero attached hydrogens (tertiary/aromatic N) is 3. The van der Waals surface area contributed by atoms with Crippen molar-refractivity contribution in [2.24, 2.45) is 7.05 Å². The lowest BCUT2D eigenvalue weighted by Gasteiger charge is -2.11. The van der Waals surface area contributed by atoms with Crippen LogP contribution in [0.15, 0.2) is 53.6 Å². The first kappa shape index (κ1) is 17.4. The number of ketones is 1. The number of halogens is 2. The monoisotopic (exact) mass is 356 g/mol. The van der Waals surface area contributed by atoms with Crippen LogP contribution in [0.1, 0.15) is 10.4 Å². The quantitative estimate of drug-likeness (QED) is 0.711. The van der Waals surface area contributed by atoms with Crippen molar-refractivity contribution in [1.82, 2.24) is 14.5 Å². The lowest BCUT2D eigenvalue weighted by atomic mass is 10.1. The summed E-state index contributed by atoms with van der Waals surface area (Å²) >= 11 is 0. The molecule has 0 atom stereocenters. The number of Topliss-reactive ketones (excluding diaryl/α,β-unsaturated/α-hetero) is 1. The molecule has 0 radical (unpaired) electrons. The fourth-order valence-corrected chi connectivity index (χ4v) is 2.38. The Labute approximate surface area is 147 Å². The van der Waals surface area contributed by atoms with Crippen LogP contribution in [0.2, 0.25) is 0 Å². The van der Waals surface area contributed by atoms with Gasteiger partial charge in [-0.3, -0.25) is 19.1 Å². The van der Waals surface area contributed by atoms with Gasteiger partial charge in [-0.15, -0.1) is 0 Å². The lowest BCUT2D eigenvalue weighted by Crippen LogP contribution is -2.25. The number of aromatic nitrogens is 3. The van der Waals surface area contributed by atoms with Crippen LogP contribution in [0.3, 0.4) is 0 Å². The highest BCUT2D eigenvalue weighted by Gasteiger charge is 2.17. The molecule has 0 fully saturated rings. The van der Waals surface area contributed by atoms with E-state index >= 15 is 0 Å². The molecule has 3 aromatic rings. The summed E-state index contributed by atoms with van der Waals surface area (Å²) in [6.45, 7) is -0.419. The maximum absolute atomic E-state index is 13.7. The van der Waals surface area contributed by atoms with Gasteiger partial charge in [-0.05, 0) is 24.3 Å². The summed E-state index contributed by atoms with van der Waals surface area (Å²) in [4.78, 5) is 32.5. The second-order valence-corrected chi connectivity index (χ2v) is 5.47. The molecule has 0 saturated carbocycles. The lowest BCUT2D eigenvalue weighted by molar-refractivity contribution is 0.0998. The van der Waals surface area contributed by atoms with Crippen molar-refractivity contribution >= 4 is 11.7 Å². The van der Waals surface area contributed by atoms with Crippen molar-refractivity contribution in [2.45, 2.75) is 0 Å². The minimum atomic E-state index is -0.941. The summed E-state index contributed by atoms with van der Waals surface area (Å²) in [5.74, 6) is -2.56. The number of hydrogen-bond acceptors (Lipinski definition) is 5. The predicted molar refractivity (Wildman–Crippen MR) is 91.9 cm³/mol. The van der Waals surface area contributed by atoms with E-state index in [2.05, 4.69) is 15.3 Å². The Hall–Kier alpha value is -3.42. The van der Waals surface area contributed by atoms with Gasteiger partial charge in [-0.1, -0.05) is 6.07 Å². The highest BCUT2D eigenvalue weighted by atomic mass is 19.1. The van der Waals surface area contributed by atoms with Crippen LogP contribution in [0.5, 0.6) is 0 Å². The zero-order valence-electron chi connectivity index (χ0n) is 13.7. The second kappa shape index (κ2) is 7.22. The van der Waals surface area contributed by atoms with Crippen molar-refractivity contribution in [3.63, 3.8) is 0 Å². The fraction of sp³-hybridized carbons (Fsp3) is 0.111. The molecule has 0 unspecified atom stereocenters. The molecule has 8 heteroatoms. The Kier molecular flexibility index (Phi) is 4.83. The van der Waals surface area contributed by atoms with Crippen molar-refractivity contribution in [3.8, 4) is 11.3 Å². The molecule has 0 aliphatic heterocycles. The maximum Gasteiger partial charge on any atom is 0.255 e. The van der Waals surface area contributed by atoms with E-state index in [1.54, 1.807) is 24.5 Å². The van der Waals surface area contributed by atoms with Crippen molar-refractivity contribution in [2.75, 3.05) is 11.9 Å². The van der Waals surface area contributed by atoms with Crippen LogP contribution < -0.4 is 10.9 Å². The molecule has 0 saturated heterocycles. The van der Waals surface area contributed by atoms with Crippen LogP contribution in [-0.4, -0.2) is 26.9 Å². The molecule has 3 rings (SSSR count). The Balaban J connectivity index is 1.87.